The van der Waals surface area contributed by atoms with Gasteiger partial charge < -0.3 is 14.8 Å². The Morgan fingerprint density at radius 3 is 2.14 bits per heavy atom. The molecule has 0 radical (unpaired) electrons. The molecule has 0 bridgehead atoms. The van der Waals surface area contributed by atoms with Gasteiger partial charge in [-0.2, -0.15) is 0 Å². The Bertz CT molecular complexity index is 915. The van der Waals surface area contributed by atoms with Crippen LogP contribution in [0.1, 0.15) is 16.7 Å². The molecule has 3 nitrogen and oxygen atoms in total. The first-order valence-corrected chi connectivity index (χ1v) is 10.5. The third-order valence-electron chi connectivity index (χ3n) is 5.86. The van der Waals surface area contributed by atoms with Crippen molar-refractivity contribution < 1.29 is 9.47 Å². The van der Waals surface area contributed by atoms with Crippen molar-refractivity contribution in [2.45, 2.75) is 17.6 Å². The minimum atomic E-state index is -0.357. The fraction of sp³-hybridized carbons (Fsp3) is 0.250. The second-order valence-corrected chi connectivity index (χ2v) is 8.25. The Labute approximate surface area is 173 Å². The van der Waals surface area contributed by atoms with Crippen LogP contribution in [0.4, 0.5) is 5.69 Å². The molecule has 142 valence electrons. The summed E-state index contributed by atoms with van der Waals surface area (Å²) >= 11 is 3.63. The summed E-state index contributed by atoms with van der Waals surface area (Å²) in [6, 6.07) is 28.1. The van der Waals surface area contributed by atoms with Gasteiger partial charge in [-0.15, -0.1) is 0 Å². The van der Waals surface area contributed by atoms with E-state index in [0.717, 1.165) is 10.2 Å². The highest BCUT2D eigenvalue weighted by Gasteiger charge is 2.53. The van der Waals surface area contributed by atoms with E-state index in [2.05, 4.69) is 100 Å². The molecular formula is C24H22BrNO2. The van der Waals surface area contributed by atoms with Crippen LogP contribution < -0.4 is 5.32 Å². The molecule has 0 spiro atoms. The molecule has 2 aliphatic heterocycles. The van der Waals surface area contributed by atoms with E-state index in [0.29, 0.717) is 19.8 Å². The van der Waals surface area contributed by atoms with Crippen LogP contribution in [0.15, 0.2) is 83.3 Å². The minimum absolute atomic E-state index is 0.0295. The van der Waals surface area contributed by atoms with Crippen LogP contribution in [-0.4, -0.2) is 32.0 Å². The number of fused-ring (bicyclic) bond motifs is 1. The molecule has 5 rings (SSSR count). The molecule has 4 heteroatoms. The zero-order valence-electron chi connectivity index (χ0n) is 15.5. The Morgan fingerprint density at radius 1 is 0.857 bits per heavy atom. The summed E-state index contributed by atoms with van der Waals surface area (Å²) in [7, 11) is 0. The number of ether oxygens (including phenoxy) is 2. The van der Waals surface area contributed by atoms with Gasteiger partial charge >= 0.3 is 0 Å². The molecule has 0 aliphatic carbocycles. The van der Waals surface area contributed by atoms with Gasteiger partial charge in [0, 0.05) is 10.2 Å². The molecule has 2 heterocycles. The lowest BCUT2D eigenvalue weighted by atomic mass is 9.65. The molecule has 1 N–H and O–H groups in total. The smallest absolute Gasteiger partial charge is 0.102 e. The summed E-state index contributed by atoms with van der Waals surface area (Å²) in [5.74, 6) is 0. The highest BCUT2D eigenvalue weighted by molar-refractivity contribution is 9.10. The van der Waals surface area contributed by atoms with Gasteiger partial charge in [-0.05, 0) is 28.8 Å². The van der Waals surface area contributed by atoms with E-state index in [1.54, 1.807) is 0 Å². The molecule has 0 saturated carbocycles. The van der Waals surface area contributed by atoms with E-state index in [9.17, 15) is 0 Å². The number of hydrogen-bond acceptors (Lipinski definition) is 3. The summed E-state index contributed by atoms with van der Waals surface area (Å²) in [5, 5.41) is 3.80. The zero-order chi connectivity index (χ0) is 19.0. The largest absolute Gasteiger partial charge is 0.378 e. The lowest BCUT2D eigenvalue weighted by Gasteiger charge is -2.42. The van der Waals surface area contributed by atoms with Gasteiger partial charge in [-0.25, -0.2) is 0 Å². The Morgan fingerprint density at radius 2 is 1.54 bits per heavy atom. The van der Waals surface area contributed by atoms with E-state index in [-0.39, 0.29) is 17.6 Å². The number of hydrogen-bond donors (Lipinski definition) is 1. The lowest BCUT2D eigenvalue weighted by Crippen LogP contribution is -2.52. The van der Waals surface area contributed by atoms with Crippen molar-refractivity contribution in [2.24, 2.45) is 0 Å². The fourth-order valence-corrected chi connectivity index (χ4v) is 5.09. The molecule has 2 atom stereocenters. The van der Waals surface area contributed by atoms with E-state index >= 15 is 0 Å². The molecule has 0 aromatic heterocycles. The van der Waals surface area contributed by atoms with E-state index < -0.39 is 0 Å². The van der Waals surface area contributed by atoms with Gasteiger partial charge in [-0.1, -0.05) is 82.7 Å². The van der Waals surface area contributed by atoms with Crippen molar-refractivity contribution in [3.8, 4) is 0 Å². The number of rotatable bonds is 3. The van der Waals surface area contributed by atoms with Crippen LogP contribution in [0.25, 0.3) is 0 Å². The topological polar surface area (TPSA) is 30.5 Å². The van der Waals surface area contributed by atoms with Crippen LogP contribution in [0.2, 0.25) is 0 Å². The summed E-state index contributed by atoms with van der Waals surface area (Å²) in [6.07, 6.45) is -0.0414. The van der Waals surface area contributed by atoms with Crippen LogP contribution in [-0.2, 0) is 14.9 Å². The van der Waals surface area contributed by atoms with Crippen LogP contribution in [0.5, 0.6) is 0 Å². The fourth-order valence-electron chi connectivity index (χ4n) is 4.73. The predicted octanol–water partition coefficient (Wildman–Crippen LogP) is 4.99. The second-order valence-electron chi connectivity index (χ2n) is 7.34. The Hall–Kier alpha value is -2.14. The van der Waals surface area contributed by atoms with Crippen LogP contribution in [0, 0.1) is 0 Å². The normalized spacial score (nSPS) is 23.0. The number of anilines is 1. The maximum Gasteiger partial charge on any atom is 0.102 e. The maximum atomic E-state index is 6.22. The van der Waals surface area contributed by atoms with Crippen LogP contribution >= 0.6 is 15.9 Å². The number of nitrogens with one attached hydrogen (secondary N) is 1. The lowest BCUT2D eigenvalue weighted by molar-refractivity contribution is -0.0981. The summed E-state index contributed by atoms with van der Waals surface area (Å²) in [5.41, 5.74) is 4.57. The first-order chi connectivity index (χ1) is 13.8. The predicted molar refractivity (Wildman–Crippen MR) is 115 cm³/mol. The standard InChI is InChI=1S/C24H22BrNO2/c25-19-11-12-20-21(15-19)26-23(22-16-27-13-14-28-22)24(20,17-7-3-1-4-8-17)18-9-5-2-6-10-18/h1-12,15,22-23,26H,13-14,16H2. The monoisotopic (exact) mass is 435 g/mol. The summed E-state index contributed by atoms with van der Waals surface area (Å²) < 4.78 is 13.1. The van der Waals surface area contributed by atoms with Crippen molar-refractivity contribution in [2.75, 3.05) is 25.1 Å². The Kier molecular flexibility index (Phi) is 4.71. The minimum Gasteiger partial charge on any atom is -0.378 e. The van der Waals surface area contributed by atoms with Crippen LogP contribution in [0.3, 0.4) is 0 Å². The first-order valence-electron chi connectivity index (χ1n) is 9.67. The third kappa shape index (κ3) is 2.79. The van der Waals surface area contributed by atoms with Crippen molar-refractivity contribution in [1.29, 1.82) is 0 Å². The molecule has 3 aromatic rings. The van der Waals surface area contributed by atoms with Crippen molar-refractivity contribution in [3.05, 3.63) is 100 Å². The molecule has 1 fully saturated rings. The summed E-state index contributed by atoms with van der Waals surface area (Å²) in [4.78, 5) is 0. The van der Waals surface area contributed by atoms with Crippen molar-refractivity contribution >= 4 is 21.6 Å². The zero-order valence-corrected chi connectivity index (χ0v) is 17.1. The first kappa shape index (κ1) is 17.9. The van der Waals surface area contributed by atoms with Gasteiger partial charge in [0.1, 0.15) is 6.10 Å². The molecular weight excluding hydrogens is 414 g/mol. The molecule has 28 heavy (non-hydrogen) atoms. The molecule has 2 unspecified atom stereocenters. The average molecular weight is 436 g/mol. The highest BCUT2D eigenvalue weighted by atomic mass is 79.9. The van der Waals surface area contributed by atoms with Gasteiger partial charge in [0.05, 0.1) is 31.3 Å². The average Bonchev–Trinajstić information content (AvgIpc) is 3.10. The molecule has 0 amide bonds. The Balaban J connectivity index is 1.79. The number of benzene rings is 3. The quantitative estimate of drug-likeness (QED) is 0.628. The van der Waals surface area contributed by atoms with Gasteiger partial charge in [0.25, 0.3) is 0 Å². The van der Waals surface area contributed by atoms with E-state index in [1.807, 2.05) is 0 Å². The second kappa shape index (κ2) is 7.36. The van der Waals surface area contributed by atoms with E-state index in [4.69, 9.17) is 9.47 Å². The number of halogens is 1. The van der Waals surface area contributed by atoms with Gasteiger partial charge in [0.15, 0.2) is 0 Å². The highest BCUT2D eigenvalue weighted by Crippen LogP contribution is 2.52. The third-order valence-corrected chi connectivity index (χ3v) is 6.35. The maximum absolute atomic E-state index is 6.22. The molecule has 2 aliphatic rings. The van der Waals surface area contributed by atoms with Crippen molar-refractivity contribution in [3.63, 3.8) is 0 Å². The summed E-state index contributed by atoms with van der Waals surface area (Å²) in [6.45, 7) is 1.88. The van der Waals surface area contributed by atoms with Gasteiger partial charge in [0.2, 0.25) is 0 Å². The van der Waals surface area contributed by atoms with E-state index in [1.165, 1.54) is 16.7 Å². The SMILES string of the molecule is Brc1ccc2c(c1)NC(C1COCCO1)C2(c1ccccc1)c1ccccc1. The molecule has 1 saturated heterocycles. The van der Waals surface area contributed by atoms with Gasteiger partial charge in [-0.3, -0.25) is 0 Å². The van der Waals surface area contributed by atoms with Crippen molar-refractivity contribution in [1.82, 2.24) is 0 Å². The molecule has 3 aromatic carbocycles.